The highest BCUT2D eigenvalue weighted by molar-refractivity contribution is 8.00. The molecule has 0 radical (unpaired) electrons. The van der Waals surface area contributed by atoms with Crippen LogP contribution in [0, 0.1) is 11.8 Å². The first kappa shape index (κ1) is 11.8. The Balaban J connectivity index is 1.93. The molecule has 1 aromatic rings. The van der Waals surface area contributed by atoms with Crippen molar-refractivity contribution < 1.29 is 5.11 Å². The summed E-state index contributed by atoms with van der Waals surface area (Å²) in [7, 11) is 0. The zero-order chi connectivity index (χ0) is 11.5. The van der Waals surface area contributed by atoms with Gasteiger partial charge in [-0.1, -0.05) is 13.8 Å². The summed E-state index contributed by atoms with van der Waals surface area (Å²) >= 11 is 1.97. The summed E-state index contributed by atoms with van der Waals surface area (Å²) < 4.78 is 0. The fourth-order valence-electron chi connectivity index (χ4n) is 2.32. The first-order chi connectivity index (χ1) is 7.65. The third-order valence-corrected chi connectivity index (χ3v) is 5.00. The lowest BCUT2D eigenvalue weighted by atomic mass is 9.81. The normalized spacial score (nSPS) is 30.2. The Morgan fingerprint density at radius 2 is 1.75 bits per heavy atom. The molecule has 2 heteroatoms. The van der Waals surface area contributed by atoms with Crippen LogP contribution in [0.15, 0.2) is 29.2 Å². The molecule has 1 fully saturated rings. The van der Waals surface area contributed by atoms with Crippen LogP contribution in [0.25, 0.3) is 0 Å². The fraction of sp³-hybridized carbons (Fsp3) is 0.571. The monoisotopic (exact) mass is 236 g/mol. The van der Waals surface area contributed by atoms with E-state index < -0.39 is 0 Å². The Hall–Kier alpha value is -0.630. The van der Waals surface area contributed by atoms with Gasteiger partial charge in [-0.2, -0.15) is 0 Å². The van der Waals surface area contributed by atoms with Crippen LogP contribution in [0.2, 0.25) is 0 Å². The molecular formula is C14H20OS. The molecule has 1 saturated carbocycles. The zero-order valence-electron chi connectivity index (χ0n) is 10.0. The Morgan fingerprint density at radius 3 is 2.38 bits per heavy atom. The van der Waals surface area contributed by atoms with Crippen LogP contribution < -0.4 is 0 Å². The van der Waals surface area contributed by atoms with Crippen molar-refractivity contribution in [3.63, 3.8) is 0 Å². The molecule has 88 valence electrons. The topological polar surface area (TPSA) is 20.2 Å². The Morgan fingerprint density at radius 1 is 1.06 bits per heavy atom. The van der Waals surface area contributed by atoms with Crippen molar-refractivity contribution in [2.45, 2.75) is 43.3 Å². The van der Waals surface area contributed by atoms with Gasteiger partial charge in [-0.25, -0.2) is 0 Å². The van der Waals surface area contributed by atoms with E-state index in [4.69, 9.17) is 0 Å². The summed E-state index contributed by atoms with van der Waals surface area (Å²) in [5.41, 5.74) is 0. The van der Waals surface area contributed by atoms with Gasteiger partial charge < -0.3 is 5.11 Å². The summed E-state index contributed by atoms with van der Waals surface area (Å²) in [6.45, 7) is 4.74. The smallest absolute Gasteiger partial charge is 0.115 e. The molecule has 0 saturated heterocycles. The molecule has 1 aromatic carbocycles. The second-order valence-electron chi connectivity index (χ2n) is 5.00. The van der Waals surface area contributed by atoms with Crippen molar-refractivity contribution in [2.75, 3.05) is 0 Å². The SMILES string of the molecule is CC1CCC(Sc2ccc(O)cc2)CC1C. The van der Waals surface area contributed by atoms with Gasteiger partial charge in [0.1, 0.15) is 5.75 Å². The Kier molecular flexibility index (Phi) is 3.80. The van der Waals surface area contributed by atoms with Gasteiger partial charge in [-0.3, -0.25) is 0 Å². The van der Waals surface area contributed by atoms with Gasteiger partial charge >= 0.3 is 0 Å². The molecule has 3 atom stereocenters. The maximum atomic E-state index is 9.23. The summed E-state index contributed by atoms with van der Waals surface area (Å²) in [5, 5.41) is 9.99. The standard InChI is InChI=1S/C14H20OS/c1-10-3-6-14(9-11(10)2)16-13-7-4-12(15)5-8-13/h4-5,7-8,10-11,14-15H,3,6,9H2,1-2H3. The lowest BCUT2D eigenvalue weighted by Crippen LogP contribution is -2.22. The van der Waals surface area contributed by atoms with Crippen LogP contribution in [-0.4, -0.2) is 10.4 Å². The molecule has 1 nitrogen and oxygen atoms in total. The lowest BCUT2D eigenvalue weighted by molar-refractivity contribution is 0.283. The summed E-state index contributed by atoms with van der Waals surface area (Å²) in [5.74, 6) is 2.09. The molecule has 16 heavy (non-hydrogen) atoms. The molecule has 1 aliphatic rings. The minimum Gasteiger partial charge on any atom is -0.508 e. The van der Waals surface area contributed by atoms with Crippen molar-refractivity contribution in [3.05, 3.63) is 24.3 Å². The maximum Gasteiger partial charge on any atom is 0.115 e. The van der Waals surface area contributed by atoms with Crippen LogP contribution in [0.4, 0.5) is 0 Å². The average molecular weight is 236 g/mol. The van der Waals surface area contributed by atoms with Crippen LogP contribution in [0.1, 0.15) is 33.1 Å². The Bertz CT molecular complexity index is 333. The minimum atomic E-state index is 0.356. The zero-order valence-corrected chi connectivity index (χ0v) is 10.8. The van der Waals surface area contributed by atoms with E-state index in [0.29, 0.717) is 5.75 Å². The van der Waals surface area contributed by atoms with Gasteiger partial charge in [0.25, 0.3) is 0 Å². The predicted octanol–water partition coefficient (Wildman–Crippen LogP) is 4.31. The van der Waals surface area contributed by atoms with E-state index >= 15 is 0 Å². The van der Waals surface area contributed by atoms with E-state index in [1.165, 1.54) is 24.2 Å². The number of phenols is 1. The Labute approximate surface area is 102 Å². The van der Waals surface area contributed by atoms with E-state index in [2.05, 4.69) is 13.8 Å². The number of aromatic hydroxyl groups is 1. The number of phenolic OH excluding ortho intramolecular Hbond substituents is 1. The summed E-state index contributed by atoms with van der Waals surface area (Å²) in [4.78, 5) is 1.28. The summed E-state index contributed by atoms with van der Waals surface area (Å²) in [6, 6.07) is 7.58. The van der Waals surface area contributed by atoms with Gasteiger partial charge in [0, 0.05) is 10.1 Å². The maximum absolute atomic E-state index is 9.23. The number of thioether (sulfide) groups is 1. The molecule has 0 bridgehead atoms. The van der Waals surface area contributed by atoms with E-state index in [1.807, 2.05) is 23.9 Å². The fourth-order valence-corrected chi connectivity index (χ4v) is 3.65. The van der Waals surface area contributed by atoms with Crippen molar-refractivity contribution in [2.24, 2.45) is 11.8 Å². The van der Waals surface area contributed by atoms with Crippen LogP contribution in [0.3, 0.4) is 0 Å². The molecule has 1 N–H and O–H groups in total. The molecule has 0 aliphatic heterocycles. The number of hydrogen-bond acceptors (Lipinski definition) is 2. The van der Waals surface area contributed by atoms with Crippen molar-refractivity contribution in [1.82, 2.24) is 0 Å². The molecule has 3 unspecified atom stereocenters. The largest absolute Gasteiger partial charge is 0.508 e. The van der Waals surface area contributed by atoms with Gasteiger partial charge in [0.05, 0.1) is 0 Å². The molecular weight excluding hydrogens is 216 g/mol. The van der Waals surface area contributed by atoms with Crippen LogP contribution in [-0.2, 0) is 0 Å². The van der Waals surface area contributed by atoms with Gasteiger partial charge in [0.15, 0.2) is 0 Å². The third kappa shape index (κ3) is 2.94. The highest BCUT2D eigenvalue weighted by atomic mass is 32.2. The average Bonchev–Trinajstić information content (AvgIpc) is 2.27. The van der Waals surface area contributed by atoms with Crippen molar-refractivity contribution >= 4 is 11.8 Å². The highest BCUT2D eigenvalue weighted by Crippen LogP contribution is 2.38. The van der Waals surface area contributed by atoms with Gasteiger partial charge in [-0.15, -0.1) is 11.8 Å². The predicted molar refractivity (Wildman–Crippen MR) is 69.9 cm³/mol. The number of rotatable bonds is 2. The molecule has 0 spiro atoms. The molecule has 2 rings (SSSR count). The minimum absolute atomic E-state index is 0.356. The molecule has 0 aromatic heterocycles. The van der Waals surface area contributed by atoms with Gasteiger partial charge in [-0.05, 0) is 55.4 Å². The number of benzene rings is 1. The van der Waals surface area contributed by atoms with E-state index in [9.17, 15) is 5.11 Å². The third-order valence-electron chi connectivity index (χ3n) is 3.69. The second kappa shape index (κ2) is 5.13. The van der Waals surface area contributed by atoms with Gasteiger partial charge in [0.2, 0.25) is 0 Å². The first-order valence-corrected chi connectivity index (χ1v) is 6.99. The number of hydrogen-bond donors (Lipinski definition) is 1. The molecule has 0 heterocycles. The van der Waals surface area contributed by atoms with Crippen molar-refractivity contribution in [3.8, 4) is 5.75 Å². The van der Waals surface area contributed by atoms with E-state index in [-0.39, 0.29) is 0 Å². The first-order valence-electron chi connectivity index (χ1n) is 6.11. The lowest BCUT2D eigenvalue weighted by Gasteiger charge is -2.31. The van der Waals surface area contributed by atoms with E-state index in [0.717, 1.165) is 17.1 Å². The van der Waals surface area contributed by atoms with Crippen LogP contribution >= 0.6 is 11.8 Å². The second-order valence-corrected chi connectivity index (χ2v) is 6.38. The highest BCUT2D eigenvalue weighted by Gasteiger charge is 2.24. The van der Waals surface area contributed by atoms with Crippen molar-refractivity contribution in [1.29, 1.82) is 0 Å². The van der Waals surface area contributed by atoms with E-state index in [1.54, 1.807) is 12.1 Å². The quantitative estimate of drug-likeness (QED) is 0.825. The molecule has 1 aliphatic carbocycles. The summed E-state index contributed by atoms with van der Waals surface area (Å²) in [6.07, 6.45) is 4.01. The molecule has 0 amide bonds. The van der Waals surface area contributed by atoms with Crippen LogP contribution in [0.5, 0.6) is 5.75 Å².